The second-order valence-corrected chi connectivity index (χ2v) is 4.08. The van der Waals surface area contributed by atoms with Crippen molar-refractivity contribution in [2.24, 2.45) is 5.73 Å². The summed E-state index contributed by atoms with van der Waals surface area (Å²) in [6, 6.07) is 5.27. The van der Waals surface area contributed by atoms with E-state index in [0.29, 0.717) is 0 Å². The molecule has 0 aromatic heterocycles. The van der Waals surface area contributed by atoms with Gasteiger partial charge in [0.05, 0.1) is 6.42 Å². The minimum atomic E-state index is -0.883. The molecule has 1 rings (SSSR count). The molecule has 0 saturated carbocycles. The summed E-state index contributed by atoms with van der Waals surface area (Å²) in [4.78, 5) is 10.5. The Morgan fingerprint density at radius 3 is 2.86 bits per heavy atom. The third-order valence-corrected chi connectivity index (χ3v) is 2.67. The fraction of sp³-hybridized carbons (Fsp3) is 0.300. The first-order valence-electron chi connectivity index (χ1n) is 4.24. The first-order chi connectivity index (χ1) is 6.50. The van der Waals surface area contributed by atoms with E-state index in [9.17, 15) is 4.79 Å². The Balaban J connectivity index is 2.93. The van der Waals surface area contributed by atoms with Crippen LogP contribution in [-0.4, -0.2) is 11.1 Å². The zero-order valence-corrected chi connectivity index (χ0v) is 9.41. The van der Waals surface area contributed by atoms with Crippen molar-refractivity contribution in [2.45, 2.75) is 19.4 Å². The molecule has 1 aromatic carbocycles. The minimum absolute atomic E-state index is 0.0535. The Morgan fingerprint density at radius 2 is 2.29 bits per heavy atom. The van der Waals surface area contributed by atoms with E-state index in [-0.39, 0.29) is 6.42 Å². The van der Waals surface area contributed by atoms with Crippen molar-refractivity contribution in [2.75, 3.05) is 0 Å². The average molecular weight is 258 g/mol. The Labute approximate surface area is 91.1 Å². The number of hydrogen-bond donors (Lipinski definition) is 2. The Bertz CT molecular complexity index is 352. The first-order valence-corrected chi connectivity index (χ1v) is 5.03. The van der Waals surface area contributed by atoms with Crippen molar-refractivity contribution in [3.05, 3.63) is 33.8 Å². The van der Waals surface area contributed by atoms with Gasteiger partial charge in [-0.3, -0.25) is 4.79 Å². The molecule has 76 valence electrons. The lowest BCUT2D eigenvalue weighted by molar-refractivity contribution is -0.137. The molecular formula is C10H12BrNO2. The molecule has 0 radical (unpaired) electrons. The molecule has 0 aliphatic rings. The highest BCUT2D eigenvalue weighted by molar-refractivity contribution is 9.10. The Kier molecular flexibility index (Phi) is 3.66. The number of benzene rings is 1. The van der Waals surface area contributed by atoms with E-state index in [1.54, 1.807) is 0 Å². The van der Waals surface area contributed by atoms with Gasteiger partial charge in [0.15, 0.2) is 0 Å². The summed E-state index contributed by atoms with van der Waals surface area (Å²) in [5.41, 5.74) is 7.67. The molecule has 0 heterocycles. The highest BCUT2D eigenvalue weighted by atomic mass is 79.9. The summed E-state index contributed by atoms with van der Waals surface area (Å²) in [6.45, 7) is 1.95. The second-order valence-electron chi connectivity index (χ2n) is 3.23. The van der Waals surface area contributed by atoms with Crippen molar-refractivity contribution in [3.63, 3.8) is 0 Å². The van der Waals surface area contributed by atoms with Gasteiger partial charge in [-0.25, -0.2) is 0 Å². The van der Waals surface area contributed by atoms with E-state index in [1.807, 2.05) is 25.1 Å². The van der Waals surface area contributed by atoms with Crippen LogP contribution in [0.4, 0.5) is 0 Å². The lowest BCUT2D eigenvalue weighted by Gasteiger charge is -2.12. The Morgan fingerprint density at radius 1 is 1.64 bits per heavy atom. The summed E-state index contributed by atoms with van der Waals surface area (Å²) in [5, 5.41) is 8.61. The van der Waals surface area contributed by atoms with Crippen molar-refractivity contribution < 1.29 is 9.90 Å². The summed E-state index contributed by atoms with van der Waals surface area (Å²) >= 11 is 3.35. The van der Waals surface area contributed by atoms with Crippen LogP contribution in [0.1, 0.15) is 23.6 Å². The minimum Gasteiger partial charge on any atom is -0.481 e. The van der Waals surface area contributed by atoms with Crippen molar-refractivity contribution in [1.82, 2.24) is 0 Å². The van der Waals surface area contributed by atoms with Gasteiger partial charge in [0.1, 0.15) is 0 Å². The average Bonchev–Trinajstić information content (AvgIpc) is 2.08. The Hall–Kier alpha value is -0.870. The van der Waals surface area contributed by atoms with Crippen molar-refractivity contribution >= 4 is 21.9 Å². The number of aryl methyl sites for hydroxylation is 1. The van der Waals surface area contributed by atoms with Crippen LogP contribution < -0.4 is 5.73 Å². The maximum absolute atomic E-state index is 10.5. The molecule has 1 aromatic rings. The molecule has 0 fully saturated rings. The predicted molar refractivity (Wildman–Crippen MR) is 58.1 cm³/mol. The van der Waals surface area contributed by atoms with Gasteiger partial charge >= 0.3 is 5.97 Å². The topological polar surface area (TPSA) is 63.3 Å². The van der Waals surface area contributed by atoms with E-state index in [0.717, 1.165) is 15.6 Å². The maximum atomic E-state index is 10.5. The van der Waals surface area contributed by atoms with Crippen LogP contribution in [0.5, 0.6) is 0 Å². The van der Waals surface area contributed by atoms with Crippen LogP contribution in [0.2, 0.25) is 0 Å². The van der Waals surface area contributed by atoms with E-state index >= 15 is 0 Å². The third-order valence-electron chi connectivity index (χ3n) is 1.95. The van der Waals surface area contributed by atoms with Crippen LogP contribution in [0, 0.1) is 6.92 Å². The number of hydrogen-bond acceptors (Lipinski definition) is 2. The molecule has 0 aliphatic heterocycles. The first kappa shape index (κ1) is 11.2. The number of halogens is 1. The fourth-order valence-electron chi connectivity index (χ4n) is 1.25. The lowest BCUT2D eigenvalue weighted by atomic mass is 10.0. The van der Waals surface area contributed by atoms with E-state index in [4.69, 9.17) is 10.8 Å². The van der Waals surface area contributed by atoms with Crippen molar-refractivity contribution in [3.8, 4) is 0 Å². The largest absolute Gasteiger partial charge is 0.481 e. The highest BCUT2D eigenvalue weighted by Crippen LogP contribution is 2.24. The SMILES string of the molecule is Cc1ccc(Br)c([C@H](N)CC(=O)O)c1. The van der Waals surface area contributed by atoms with Gasteiger partial charge < -0.3 is 10.8 Å². The smallest absolute Gasteiger partial charge is 0.305 e. The molecule has 0 saturated heterocycles. The summed E-state index contributed by atoms with van der Waals surface area (Å²) in [6.07, 6.45) is -0.0535. The monoisotopic (exact) mass is 257 g/mol. The zero-order chi connectivity index (χ0) is 10.7. The fourth-order valence-corrected chi connectivity index (χ4v) is 1.79. The number of carbonyl (C=O) groups is 1. The summed E-state index contributed by atoms with van der Waals surface area (Å²) in [7, 11) is 0. The molecule has 0 aliphatic carbocycles. The molecule has 1 atom stereocenters. The van der Waals surface area contributed by atoms with Gasteiger partial charge in [-0.05, 0) is 18.6 Å². The normalized spacial score (nSPS) is 12.5. The second kappa shape index (κ2) is 4.57. The molecule has 0 bridgehead atoms. The molecule has 3 nitrogen and oxygen atoms in total. The van der Waals surface area contributed by atoms with Gasteiger partial charge in [0.25, 0.3) is 0 Å². The van der Waals surface area contributed by atoms with Crippen LogP contribution in [-0.2, 0) is 4.79 Å². The predicted octanol–water partition coefficient (Wildman–Crippen LogP) is 2.23. The van der Waals surface area contributed by atoms with Gasteiger partial charge in [-0.2, -0.15) is 0 Å². The quantitative estimate of drug-likeness (QED) is 0.873. The van der Waals surface area contributed by atoms with Gasteiger partial charge in [-0.1, -0.05) is 33.6 Å². The van der Waals surface area contributed by atoms with E-state index < -0.39 is 12.0 Å². The summed E-state index contributed by atoms with van der Waals surface area (Å²) < 4.78 is 0.858. The third kappa shape index (κ3) is 2.82. The highest BCUT2D eigenvalue weighted by Gasteiger charge is 2.13. The zero-order valence-electron chi connectivity index (χ0n) is 7.83. The summed E-state index contributed by atoms with van der Waals surface area (Å²) in [5.74, 6) is -0.883. The standard InChI is InChI=1S/C10H12BrNO2/c1-6-2-3-8(11)7(4-6)9(12)5-10(13)14/h2-4,9H,5,12H2,1H3,(H,13,14)/t9-/m1/s1. The van der Waals surface area contributed by atoms with Crippen LogP contribution in [0.15, 0.2) is 22.7 Å². The molecule has 3 N–H and O–H groups in total. The van der Waals surface area contributed by atoms with E-state index in [2.05, 4.69) is 15.9 Å². The van der Waals surface area contributed by atoms with Crippen LogP contribution >= 0.6 is 15.9 Å². The van der Waals surface area contributed by atoms with Crippen LogP contribution in [0.25, 0.3) is 0 Å². The number of carboxylic acids is 1. The number of carboxylic acid groups (broad SMARTS) is 1. The molecule has 14 heavy (non-hydrogen) atoms. The van der Waals surface area contributed by atoms with Gasteiger partial charge in [-0.15, -0.1) is 0 Å². The molecule has 0 amide bonds. The molecule has 4 heteroatoms. The molecule has 0 spiro atoms. The maximum Gasteiger partial charge on any atom is 0.305 e. The van der Waals surface area contributed by atoms with Crippen molar-refractivity contribution in [1.29, 1.82) is 0 Å². The van der Waals surface area contributed by atoms with Crippen LogP contribution in [0.3, 0.4) is 0 Å². The molecular weight excluding hydrogens is 246 g/mol. The number of nitrogens with two attached hydrogens (primary N) is 1. The van der Waals surface area contributed by atoms with Gasteiger partial charge in [0.2, 0.25) is 0 Å². The van der Waals surface area contributed by atoms with Gasteiger partial charge in [0, 0.05) is 10.5 Å². The number of aliphatic carboxylic acids is 1. The molecule has 0 unspecified atom stereocenters. The van der Waals surface area contributed by atoms with E-state index in [1.165, 1.54) is 0 Å². The number of rotatable bonds is 3. The lowest BCUT2D eigenvalue weighted by Crippen LogP contribution is -2.15.